The van der Waals surface area contributed by atoms with E-state index in [4.69, 9.17) is 9.47 Å². The van der Waals surface area contributed by atoms with E-state index in [2.05, 4.69) is 12.2 Å². The Kier molecular flexibility index (Phi) is 15.8. The maximum atomic E-state index is 9.66. The smallest absolute Gasteiger partial charge is 0.0897 e. The Morgan fingerprint density at radius 1 is 1.00 bits per heavy atom. The number of unbranched alkanes of at least 4 members (excludes halogenated alkanes) is 5. The first-order valence-corrected chi connectivity index (χ1v) is 7.76. The maximum Gasteiger partial charge on any atom is 0.0897 e. The fraction of sp³-hybridized carbons (Fsp3) is 1.00. The van der Waals surface area contributed by atoms with Gasteiger partial charge in [0.2, 0.25) is 0 Å². The van der Waals surface area contributed by atoms with Crippen LogP contribution in [0.5, 0.6) is 0 Å². The summed E-state index contributed by atoms with van der Waals surface area (Å²) in [4.78, 5) is 0. The largest absolute Gasteiger partial charge is 0.389 e. The SMILES string of the molecule is CCCCCCCCOCC(O)CNCCCOC. The first-order chi connectivity index (χ1) is 9.31. The molecule has 0 aliphatic heterocycles. The van der Waals surface area contributed by atoms with Crippen molar-refractivity contribution in [2.24, 2.45) is 0 Å². The van der Waals surface area contributed by atoms with Gasteiger partial charge in [-0.05, 0) is 19.4 Å². The molecule has 4 nitrogen and oxygen atoms in total. The van der Waals surface area contributed by atoms with Crippen molar-refractivity contribution in [1.82, 2.24) is 5.32 Å². The number of aliphatic hydroxyl groups is 1. The highest BCUT2D eigenvalue weighted by molar-refractivity contribution is 4.58. The Morgan fingerprint density at radius 2 is 1.74 bits per heavy atom. The molecule has 0 aromatic heterocycles. The van der Waals surface area contributed by atoms with Crippen LogP contribution >= 0.6 is 0 Å². The summed E-state index contributed by atoms with van der Waals surface area (Å²) in [5.74, 6) is 0. The van der Waals surface area contributed by atoms with E-state index in [-0.39, 0.29) is 0 Å². The highest BCUT2D eigenvalue weighted by Crippen LogP contribution is 2.04. The Balaban J connectivity index is 3.09. The van der Waals surface area contributed by atoms with E-state index in [1.165, 1.54) is 32.1 Å². The van der Waals surface area contributed by atoms with Gasteiger partial charge in [0.1, 0.15) is 0 Å². The van der Waals surface area contributed by atoms with Crippen LogP contribution in [0.15, 0.2) is 0 Å². The third kappa shape index (κ3) is 15.8. The van der Waals surface area contributed by atoms with Crippen LogP contribution in [-0.4, -0.2) is 51.2 Å². The topological polar surface area (TPSA) is 50.7 Å². The molecule has 19 heavy (non-hydrogen) atoms. The summed E-state index contributed by atoms with van der Waals surface area (Å²) in [6, 6.07) is 0. The average molecular weight is 275 g/mol. The fourth-order valence-corrected chi connectivity index (χ4v) is 1.87. The van der Waals surface area contributed by atoms with E-state index in [1.54, 1.807) is 7.11 Å². The molecule has 1 atom stereocenters. The Hall–Kier alpha value is -0.160. The zero-order chi connectivity index (χ0) is 14.2. The first kappa shape index (κ1) is 18.8. The maximum absolute atomic E-state index is 9.66. The number of ether oxygens (including phenoxy) is 2. The van der Waals surface area contributed by atoms with Crippen molar-refractivity contribution in [3.8, 4) is 0 Å². The van der Waals surface area contributed by atoms with E-state index >= 15 is 0 Å². The summed E-state index contributed by atoms with van der Waals surface area (Å²) in [7, 11) is 1.70. The lowest BCUT2D eigenvalue weighted by molar-refractivity contribution is 0.0353. The predicted octanol–water partition coefficient (Wildman–Crippen LogP) is 2.35. The minimum absolute atomic E-state index is 0.400. The number of nitrogens with one attached hydrogen (secondary N) is 1. The summed E-state index contributed by atoms with van der Waals surface area (Å²) < 4.78 is 10.4. The first-order valence-electron chi connectivity index (χ1n) is 7.76. The molecule has 1 unspecified atom stereocenters. The van der Waals surface area contributed by atoms with E-state index in [1.807, 2.05) is 0 Å². The summed E-state index contributed by atoms with van der Waals surface area (Å²) in [5, 5.41) is 12.8. The van der Waals surface area contributed by atoms with Crippen LogP contribution in [0, 0.1) is 0 Å². The molecule has 0 heterocycles. The van der Waals surface area contributed by atoms with Crippen LogP contribution in [-0.2, 0) is 9.47 Å². The molecule has 2 N–H and O–H groups in total. The molecule has 4 heteroatoms. The van der Waals surface area contributed by atoms with Crippen molar-refractivity contribution in [2.45, 2.75) is 58.0 Å². The summed E-state index contributed by atoms with van der Waals surface area (Å²) >= 11 is 0. The Bertz CT molecular complexity index is 167. The van der Waals surface area contributed by atoms with Gasteiger partial charge < -0.3 is 19.9 Å². The van der Waals surface area contributed by atoms with E-state index in [0.717, 1.165) is 32.6 Å². The van der Waals surface area contributed by atoms with Crippen LogP contribution in [0.1, 0.15) is 51.9 Å². The van der Waals surface area contributed by atoms with E-state index in [9.17, 15) is 5.11 Å². The second kappa shape index (κ2) is 15.9. The third-order valence-corrected chi connectivity index (χ3v) is 3.03. The zero-order valence-corrected chi connectivity index (χ0v) is 12.8. The van der Waals surface area contributed by atoms with Gasteiger partial charge in [0, 0.05) is 26.9 Å². The van der Waals surface area contributed by atoms with Gasteiger partial charge in [-0.2, -0.15) is 0 Å². The molecule has 0 rings (SSSR count). The van der Waals surface area contributed by atoms with Gasteiger partial charge in [0.15, 0.2) is 0 Å². The molecule has 0 amide bonds. The summed E-state index contributed by atoms with van der Waals surface area (Å²) in [6.07, 6.45) is 8.20. The summed E-state index contributed by atoms with van der Waals surface area (Å²) in [5.41, 5.74) is 0. The van der Waals surface area contributed by atoms with Gasteiger partial charge in [0.05, 0.1) is 12.7 Å². The number of hydrogen-bond donors (Lipinski definition) is 2. The van der Waals surface area contributed by atoms with Crippen molar-refractivity contribution < 1.29 is 14.6 Å². The molecule has 0 saturated heterocycles. The lowest BCUT2D eigenvalue weighted by atomic mass is 10.1. The number of hydrogen-bond acceptors (Lipinski definition) is 4. The Labute approximate surface area is 118 Å². The molecule has 0 saturated carbocycles. The third-order valence-electron chi connectivity index (χ3n) is 3.03. The molecule has 0 aliphatic rings. The normalized spacial score (nSPS) is 12.8. The lowest BCUT2D eigenvalue weighted by Gasteiger charge is -2.12. The van der Waals surface area contributed by atoms with Gasteiger partial charge >= 0.3 is 0 Å². The fourth-order valence-electron chi connectivity index (χ4n) is 1.87. The minimum Gasteiger partial charge on any atom is -0.389 e. The number of methoxy groups -OCH3 is 1. The molecule has 0 aromatic rings. The molecule has 0 bridgehead atoms. The zero-order valence-electron chi connectivity index (χ0n) is 12.8. The Morgan fingerprint density at radius 3 is 2.47 bits per heavy atom. The van der Waals surface area contributed by atoms with Gasteiger partial charge in [-0.15, -0.1) is 0 Å². The highest BCUT2D eigenvalue weighted by atomic mass is 16.5. The van der Waals surface area contributed by atoms with Crippen molar-refractivity contribution in [3.63, 3.8) is 0 Å². The molecule has 0 spiro atoms. The highest BCUT2D eigenvalue weighted by Gasteiger charge is 2.03. The standard InChI is InChI=1S/C15H33NO3/c1-3-4-5-6-7-8-12-19-14-15(17)13-16-10-9-11-18-2/h15-17H,3-14H2,1-2H3. The van der Waals surface area contributed by atoms with Crippen LogP contribution in [0.2, 0.25) is 0 Å². The molecule has 0 aliphatic carbocycles. The number of aliphatic hydroxyl groups excluding tert-OH is 1. The van der Waals surface area contributed by atoms with Crippen LogP contribution in [0.4, 0.5) is 0 Å². The number of rotatable bonds is 15. The van der Waals surface area contributed by atoms with Crippen molar-refractivity contribution >= 4 is 0 Å². The van der Waals surface area contributed by atoms with Gasteiger partial charge in [-0.3, -0.25) is 0 Å². The molecular weight excluding hydrogens is 242 g/mol. The van der Waals surface area contributed by atoms with Crippen LogP contribution in [0.25, 0.3) is 0 Å². The summed E-state index contributed by atoms with van der Waals surface area (Å²) in [6.45, 7) is 5.67. The van der Waals surface area contributed by atoms with Crippen molar-refractivity contribution in [3.05, 3.63) is 0 Å². The van der Waals surface area contributed by atoms with Gasteiger partial charge in [-0.25, -0.2) is 0 Å². The molecule has 116 valence electrons. The van der Waals surface area contributed by atoms with Crippen LogP contribution in [0.3, 0.4) is 0 Å². The van der Waals surface area contributed by atoms with E-state index in [0.29, 0.717) is 13.2 Å². The predicted molar refractivity (Wildman–Crippen MR) is 79.6 cm³/mol. The minimum atomic E-state index is -0.400. The second-order valence-corrected chi connectivity index (χ2v) is 5.05. The second-order valence-electron chi connectivity index (χ2n) is 5.05. The lowest BCUT2D eigenvalue weighted by Crippen LogP contribution is -2.31. The molecular formula is C15H33NO3. The van der Waals surface area contributed by atoms with E-state index < -0.39 is 6.10 Å². The molecule has 0 fully saturated rings. The monoisotopic (exact) mass is 275 g/mol. The van der Waals surface area contributed by atoms with Crippen molar-refractivity contribution in [1.29, 1.82) is 0 Å². The molecule has 0 radical (unpaired) electrons. The van der Waals surface area contributed by atoms with Crippen LogP contribution < -0.4 is 5.32 Å². The average Bonchev–Trinajstić information content (AvgIpc) is 2.41. The molecule has 0 aromatic carbocycles. The van der Waals surface area contributed by atoms with Crippen molar-refractivity contribution in [2.75, 3.05) is 40.0 Å². The quantitative estimate of drug-likeness (QED) is 0.450. The van der Waals surface area contributed by atoms with Gasteiger partial charge in [0.25, 0.3) is 0 Å². The van der Waals surface area contributed by atoms with Gasteiger partial charge in [-0.1, -0.05) is 39.0 Å².